The average Bonchev–Trinajstić information content (AvgIpc) is 2.92. The fraction of sp³-hybridized carbons (Fsp3) is 0.455. The predicted molar refractivity (Wildman–Crippen MR) is 88.0 cm³/mol. The Morgan fingerprint density at radius 2 is 2.00 bits per heavy atom. The second-order valence-electron chi connectivity index (χ2n) is 3.61. The summed E-state index contributed by atoms with van der Waals surface area (Å²) in [5, 5.41) is 7.06. The molecule has 0 saturated carbocycles. The van der Waals surface area contributed by atoms with Crippen LogP contribution >= 0.6 is 36.2 Å². The number of furan rings is 1. The van der Waals surface area contributed by atoms with Crippen molar-refractivity contribution in [2.45, 2.75) is 13.0 Å². The number of nitrogens with one attached hydrogen (secondary N) is 4. The number of rotatable bonds is 6. The number of hydrazine groups is 1. The minimum atomic E-state index is 0.463. The Balaban J connectivity index is 2.04. The van der Waals surface area contributed by atoms with Crippen molar-refractivity contribution in [2.75, 3.05) is 18.6 Å². The summed E-state index contributed by atoms with van der Waals surface area (Å²) in [4.78, 5) is 0. The van der Waals surface area contributed by atoms with Gasteiger partial charge in [-0.15, -0.1) is 0 Å². The van der Waals surface area contributed by atoms with Gasteiger partial charge in [-0.3, -0.25) is 10.9 Å². The van der Waals surface area contributed by atoms with Crippen LogP contribution in [0.1, 0.15) is 12.2 Å². The van der Waals surface area contributed by atoms with Crippen molar-refractivity contribution in [1.29, 1.82) is 0 Å². The van der Waals surface area contributed by atoms with Gasteiger partial charge in [0.2, 0.25) is 0 Å². The highest BCUT2D eigenvalue weighted by atomic mass is 32.2. The van der Waals surface area contributed by atoms with Crippen LogP contribution in [0.3, 0.4) is 0 Å². The number of thiocarbonyl (C=S) groups is 2. The molecular formula is C11H18N4OS3. The molecule has 0 radical (unpaired) electrons. The van der Waals surface area contributed by atoms with E-state index in [9.17, 15) is 0 Å². The highest BCUT2D eigenvalue weighted by molar-refractivity contribution is 7.98. The van der Waals surface area contributed by atoms with Gasteiger partial charge in [0, 0.05) is 6.54 Å². The molecule has 106 valence electrons. The lowest BCUT2D eigenvalue weighted by Gasteiger charge is -2.13. The van der Waals surface area contributed by atoms with Gasteiger partial charge in [-0.2, -0.15) is 11.8 Å². The SMILES string of the molecule is CSCCCNC(=S)NNC(=S)NCc1ccco1. The van der Waals surface area contributed by atoms with Crippen molar-refractivity contribution < 1.29 is 4.42 Å². The minimum Gasteiger partial charge on any atom is -0.467 e. The summed E-state index contributed by atoms with van der Waals surface area (Å²) in [7, 11) is 0. The second kappa shape index (κ2) is 9.88. The molecule has 4 N–H and O–H groups in total. The predicted octanol–water partition coefficient (Wildman–Crippen LogP) is 1.38. The molecule has 19 heavy (non-hydrogen) atoms. The van der Waals surface area contributed by atoms with Gasteiger partial charge in [-0.1, -0.05) is 0 Å². The molecule has 0 bridgehead atoms. The lowest BCUT2D eigenvalue weighted by Crippen LogP contribution is -2.50. The van der Waals surface area contributed by atoms with E-state index in [0.717, 1.165) is 24.5 Å². The summed E-state index contributed by atoms with van der Waals surface area (Å²) >= 11 is 12.0. The molecule has 5 nitrogen and oxygen atoms in total. The molecular weight excluding hydrogens is 300 g/mol. The standard InChI is InChI=1S/C11H18N4OS3/c1-19-7-3-5-12-10(17)14-15-11(18)13-8-9-4-2-6-16-9/h2,4,6H,3,5,7-8H2,1H3,(H2,12,14,17)(H2,13,15,18). The van der Waals surface area contributed by atoms with Gasteiger partial charge in [0.05, 0.1) is 12.8 Å². The molecule has 0 unspecified atom stereocenters. The summed E-state index contributed by atoms with van der Waals surface area (Å²) < 4.78 is 5.18. The van der Waals surface area contributed by atoms with E-state index < -0.39 is 0 Å². The molecule has 1 rings (SSSR count). The summed E-state index contributed by atoms with van der Waals surface area (Å²) in [6.45, 7) is 1.38. The fourth-order valence-corrected chi connectivity index (χ4v) is 1.91. The zero-order valence-corrected chi connectivity index (χ0v) is 13.1. The molecule has 0 spiro atoms. The quantitative estimate of drug-likeness (QED) is 0.356. The van der Waals surface area contributed by atoms with Gasteiger partial charge in [0.25, 0.3) is 0 Å². The van der Waals surface area contributed by atoms with Crippen molar-refractivity contribution in [3.05, 3.63) is 24.2 Å². The Hall–Kier alpha value is -0.990. The summed E-state index contributed by atoms with van der Waals surface area (Å²) in [6.07, 6.45) is 4.78. The first-order chi connectivity index (χ1) is 9.22. The molecule has 0 atom stereocenters. The van der Waals surface area contributed by atoms with Gasteiger partial charge in [0.1, 0.15) is 5.76 Å². The van der Waals surface area contributed by atoms with Gasteiger partial charge in [-0.25, -0.2) is 0 Å². The van der Waals surface area contributed by atoms with E-state index in [-0.39, 0.29) is 0 Å². The molecule has 8 heteroatoms. The highest BCUT2D eigenvalue weighted by Gasteiger charge is 1.99. The van der Waals surface area contributed by atoms with E-state index in [1.165, 1.54) is 0 Å². The van der Waals surface area contributed by atoms with Crippen LogP contribution in [0.5, 0.6) is 0 Å². The Kier molecular flexibility index (Phi) is 8.35. The maximum atomic E-state index is 5.18. The number of hydrogen-bond acceptors (Lipinski definition) is 4. The van der Waals surface area contributed by atoms with Crippen molar-refractivity contribution >= 4 is 46.4 Å². The van der Waals surface area contributed by atoms with Crippen molar-refractivity contribution in [3.63, 3.8) is 0 Å². The summed E-state index contributed by atoms with van der Waals surface area (Å²) in [6, 6.07) is 3.71. The number of thioether (sulfide) groups is 1. The molecule has 1 aromatic heterocycles. The Morgan fingerprint density at radius 3 is 2.63 bits per heavy atom. The smallest absolute Gasteiger partial charge is 0.185 e. The molecule has 0 aliphatic carbocycles. The normalized spacial score (nSPS) is 9.74. The third-order valence-corrected chi connectivity index (χ3v) is 3.29. The molecule has 0 amide bonds. The van der Waals surface area contributed by atoms with Gasteiger partial charge in [-0.05, 0) is 55.0 Å². The van der Waals surface area contributed by atoms with Crippen LogP contribution in [-0.4, -0.2) is 28.8 Å². The average molecular weight is 318 g/mol. The van der Waals surface area contributed by atoms with Crippen LogP contribution in [0.25, 0.3) is 0 Å². The maximum Gasteiger partial charge on any atom is 0.185 e. The first-order valence-electron chi connectivity index (χ1n) is 5.81. The molecule has 0 aliphatic heterocycles. The van der Waals surface area contributed by atoms with E-state index in [4.69, 9.17) is 28.9 Å². The fourth-order valence-electron chi connectivity index (χ4n) is 1.20. The van der Waals surface area contributed by atoms with E-state index in [0.29, 0.717) is 16.8 Å². The van der Waals surface area contributed by atoms with Crippen LogP contribution in [0.4, 0.5) is 0 Å². The Bertz CT molecular complexity index is 383. The van der Waals surface area contributed by atoms with Gasteiger partial charge in [0.15, 0.2) is 10.2 Å². The van der Waals surface area contributed by atoms with Crippen LogP contribution in [0.2, 0.25) is 0 Å². The molecule has 0 aliphatic rings. The minimum absolute atomic E-state index is 0.463. The molecule has 1 heterocycles. The molecule has 0 aromatic carbocycles. The van der Waals surface area contributed by atoms with E-state index in [1.807, 2.05) is 23.9 Å². The largest absolute Gasteiger partial charge is 0.467 e. The molecule has 1 aromatic rings. The first-order valence-corrected chi connectivity index (χ1v) is 8.02. The zero-order valence-electron chi connectivity index (χ0n) is 10.7. The van der Waals surface area contributed by atoms with Gasteiger partial charge < -0.3 is 15.1 Å². The van der Waals surface area contributed by atoms with Crippen LogP contribution in [0.15, 0.2) is 22.8 Å². The van der Waals surface area contributed by atoms with Crippen LogP contribution < -0.4 is 21.5 Å². The van der Waals surface area contributed by atoms with Crippen molar-refractivity contribution in [3.8, 4) is 0 Å². The monoisotopic (exact) mass is 318 g/mol. The Morgan fingerprint density at radius 1 is 1.26 bits per heavy atom. The van der Waals surface area contributed by atoms with Crippen molar-refractivity contribution in [1.82, 2.24) is 21.5 Å². The maximum absolute atomic E-state index is 5.18. The first kappa shape index (κ1) is 16.1. The van der Waals surface area contributed by atoms with E-state index in [1.54, 1.807) is 6.26 Å². The Labute approximate surface area is 128 Å². The summed E-state index contributed by atoms with van der Waals surface area (Å²) in [5.41, 5.74) is 5.62. The number of hydrogen-bond donors (Lipinski definition) is 4. The van der Waals surface area contributed by atoms with Crippen molar-refractivity contribution in [2.24, 2.45) is 0 Å². The third kappa shape index (κ3) is 7.91. The van der Waals surface area contributed by atoms with Crippen LogP contribution in [-0.2, 0) is 6.54 Å². The summed E-state index contributed by atoms with van der Waals surface area (Å²) in [5.74, 6) is 1.94. The zero-order chi connectivity index (χ0) is 13.9. The molecule has 0 saturated heterocycles. The topological polar surface area (TPSA) is 61.3 Å². The van der Waals surface area contributed by atoms with E-state index >= 15 is 0 Å². The second-order valence-corrected chi connectivity index (χ2v) is 5.42. The van der Waals surface area contributed by atoms with Gasteiger partial charge >= 0.3 is 0 Å². The molecule has 0 fully saturated rings. The van der Waals surface area contributed by atoms with Crippen LogP contribution in [0, 0.1) is 0 Å². The third-order valence-electron chi connectivity index (χ3n) is 2.10. The lowest BCUT2D eigenvalue weighted by atomic mass is 10.4. The lowest BCUT2D eigenvalue weighted by molar-refractivity contribution is 0.502. The van der Waals surface area contributed by atoms with E-state index in [2.05, 4.69) is 27.7 Å². The highest BCUT2D eigenvalue weighted by Crippen LogP contribution is 1.97.